The first-order valence-corrected chi connectivity index (χ1v) is 9.02. The summed E-state index contributed by atoms with van der Waals surface area (Å²) in [4.78, 5) is 13.8. The second-order valence-electron chi connectivity index (χ2n) is 6.53. The molecule has 0 aliphatic carbocycles. The molecule has 2 aromatic carbocycles. The van der Waals surface area contributed by atoms with Gasteiger partial charge in [-0.1, -0.05) is 67.6 Å². The van der Waals surface area contributed by atoms with E-state index in [4.69, 9.17) is 0 Å². The van der Waals surface area contributed by atoms with Crippen LogP contribution < -0.4 is 0 Å². The van der Waals surface area contributed by atoms with Gasteiger partial charge in [-0.2, -0.15) is 0 Å². The predicted octanol–water partition coefficient (Wildman–Crippen LogP) is 4.65. The fourth-order valence-electron chi connectivity index (χ4n) is 3.69. The Kier molecular flexibility index (Phi) is 5.54. The van der Waals surface area contributed by atoms with Crippen LogP contribution in [0.15, 0.2) is 66.4 Å². The summed E-state index contributed by atoms with van der Waals surface area (Å²) in [5.74, 6) is -0.954. The molecule has 25 heavy (non-hydrogen) atoms. The third kappa shape index (κ3) is 3.93. The number of aliphatic carboxylic acids is 1. The summed E-state index contributed by atoms with van der Waals surface area (Å²) >= 11 is 0. The number of allylic oxidation sites excluding steroid dienone is 1. The second-order valence-corrected chi connectivity index (χ2v) is 6.53. The zero-order valence-corrected chi connectivity index (χ0v) is 14.7. The van der Waals surface area contributed by atoms with Crippen LogP contribution in [0.25, 0.3) is 5.57 Å². The number of likely N-dealkylation sites (tertiary alicyclic amines) is 1. The van der Waals surface area contributed by atoms with Gasteiger partial charge in [0.25, 0.3) is 0 Å². The molecule has 1 heterocycles. The second kappa shape index (κ2) is 8.02. The molecule has 130 valence electrons. The lowest BCUT2D eigenvalue weighted by Gasteiger charge is -2.36. The lowest BCUT2D eigenvalue weighted by atomic mass is 9.92. The Hall–Kier alpha value is -2.55. The fourth-order valence-corrected chi connectivity index (χ4v) is 3.69. The van der Waals surface area contributed by atoms with Crippen molar-refractivity contribution < 1.29 is 9.90 Å². The number of nitrogens with zero attached hydrogens (tertiary/aromatic N) is 1. The number of carboxylic acids is 1. The highest BCUT2D eigenvalue weighted by Crippen LogP contribution is 2.32. The van der Waals surface area contributed by atoms with Gasteiger partial charge in [0.1, 0.15) is 0 Å². The van der Waals surface area contributed by atoms with Crippen LogP contribution >= 0.6 is 0 Å². The molecule has 1 saturated heterocycles. The summed E-state index contributed by atoms with van der Waals surface area (Å²) in [7, 11) is 0. The summed E-state index contributed by atoms with van der Waals surface area (Å²) in [6.07, 6.45) is 2.58. The number of carboxylic acid groups (broad SMARTS) is 1. The van der Waals surface area contributed by atoms with E-state index in [1.165, 1.54) is 22.4 Å². The maximum Gasteiger partial charge on any atom is 0.308 e. The molecule has 1 fully saturated rings. The van der Waals surface area contributed by atoms with Crippen molar-refractivity contribution in [3.63, 3.8) is 0 Å². The molecule has 1 aliphatic rings. The van der Waals surface area contributed by atoms with E-state index >= 15 is 0 Å². The van der Waals surface area contributed by atoms with Crippen molar-refractivity contribution in [1.29, 1.82) is 0 Å². The largest absolute Gasteiger partial charge is 0.481 e. The van der Waals surface area contributed by atoms with E-state index in [-0.39, 0.29) is 5.92 Å². The van der Waals surface area contributed by atoms with E-state index in [0.717, 1.165) is 25.8 Å². The lowest BCUT2D eigenvalue weighted by Crippen LogP contribution is -2.38. The Labute approximate surface area is 149 Å². The molecule has 0 bridgehead atoms. The van der Waals surface area contributed by atoms with Gasteiger partial charge in [-0.3, -0.25) is 4.79 Å². The maximum atomic E-state index is 11.5. The standard InChI is InChI=1S/C22H25NO2/c1-2-20(23-15-9-14-19(16-23)22(24)25)21(17-10-5-3-6-11-17)18-12-7-4-8-13-18/h3-8,10-13,19H,2,9,14-16H2,1H3,(H,24,25). The van der Waals surface area contributed by atoms with Crippen LogP contribution in [0.5, 0.6) is 0 Å². The number of carbonyl (C=O) groups is 1. The van der Waals surface area contributed by atoms with E-state index in [0.29, 0.717) is 6.54 Å². The minimum Gasteiger partial charge on any atom is -0.481 e. The van der Waals surface area contributed by atoms with Gasteiger partial charge in [0.05, 0.1) is 5.92 Å². The highest BCUT2D eigenvalue weighted by molar-refractivity contribution is 5.82. The molecule has 1 atom stereocenters. The Morgan fingerprint density at radius 1 is 1.04 bits per heavy atom. The lowest BCUT2D eigenvalue weighted by molar-refractivity contribution is -0.143. The third-order valence-electron chi connectivity index (χ3n) is 4.90. The van der Waals surface area contributed by atoms with Crippen LogP contribution in [-0.2, 0) is 4.79 Å². The molecule has 0 saturated carbocycles. The molecule has 2 aromatic rings. The Morgan fingerprint density at radius 2 is 1.60 bits per heavy atom. The first-order chi connectivity index (χ1) is 12.2. The summed E-state index contributed by atoms with van der Waals surface area (Å²) < 4.78 is 0. The maximum absolute atomic E-state index is 11.5. The minimum absolute atomic E-state index is 0.275. The van der Waals surface area contributed by atoms with E-state index in [1.54, 1.807) is 0 Å². The van der Waals surface area contributed by atoms with Crippen LogP contribution in [0.3, 0.4) is 0 Å². The Morgan fingerprint density at radius 3 is 2.08 bits per heavy atom. The van der Waals surface area contributed by atoms with Crippen molar-refractivity contribution >= 4 is 11.5 Å². The van der Waals surface area contributed by atoms with Crippen molar-refractivity contribution in [2.75, 3.05) is 13.1 Å². The zero-order chi connectivity index (χ0) is 17.6. The van der Waals surface area contributed by atoms with Gasteiger partial charge in [0, 0.05) is 24.4 Å². The van der Waals surface area contributed by atoms with E-state index in [9.17, 15) is 9.90 Å². The molecule has 1 N–H and O–H groups in total. The monoisotopic (exact) mass is 335 g/mol. The SMILES string of the molecule is CCC(=C(c1ccccc1)c1ccccc1)N1CCCC(C(=O)O)C1. The van der Waals surface area contributed by atoms with Crippen molar-refractivity contribution in [1.82, 2.24) is 4.90 Å². The van der Waals surface area contributed by atoms with Crippen LogP contribution in [-0.4, -0.2) is 29.1 Å². The number of rotatable bonds is 5. The van der Waals surface area contributed by atoms with Crippen molar-refractivity contribution in [3.8, 4) is 0 Å². The molecule has 0 amide bonds. The number of benzene rings is 2. The first-order valence-electron chi connectivity index (χ1n) is 9.02. The van der Waals surface area contributed by atoms with Crippen molar-refractivity contribution in [3.05, 3.63) is 77.5 Å². The molecular weight excluding hydrogens is 310 g/mol. The molecule has 0 spiro atoms. The van der Waals surface area contributed by atoms with Crippen LogP contribution in [0.1, 0.15) is 37.3 Å². The molecule has 3 rings (SSSR count). The van der Waals surface area contributed by atoms with Crippen LogP contribution in [0, 0.1) is 5.92 Å². The van der Waals surface area contributed by atoms with Crippen molar-refractivity contribution in [2.45, 2.75) is 26.2 Å². The summed E-state index contributed by atoms with van der Waals surface area (Å²) in [5.41, 5.74) is 4.82. The quantitative estimate of drug-likeness (QED) is 0.864. The highest BCUT2D eigenvalue weighted by atomic mass is 16.4. The number of hydrogen-bond donors (Lipinski definition) is 1. The number of piperidine rings is 1. The molecule has 0 radical (unpaired) electrons. The molecule has 3 nitrogen and oxygen atoms in total. The van der Waals surface area contributed by atoms with E-state index < -0.39 is 5.97 Å². The van der Waals surface area contributed by atoms with Gasteiger partial charge in [0.2, 0.25) is 0 Å². The first kappa shape index (κ1) is 17.3. The third-order valence-corrected chi connectivity index (χ3v) is 4.90. The van der Waals surface area contributed by atoms with Crippen molar-refractivity contribution in [2.24, 2.45) is 5.92 Å². The molecule has 3 heteroatoms. The Balaban J connectivity index is 2.08. The van der Waals surface area contributed by atoms with Gasteiger partial charge in [-0.05, 0) is 30.4 Å². The summed E-state index contributed by atoms with van der Waals surface area (Å²) in [5, 5.41) is 9.44. The summed E-state index contributed by atoms with van der Waals surface area (Å²) in [6.45, 7) is 3.68. The van der Waals surface area contributed by atoms with Gasteiger partial charge in [-0.15, -0.1) is 0 Å². The highest BCUT2D eigenvalue weighted by Gasteiger charge is 2.27. The smallest absolute Gasteiger partial charge is 0.308 e. The van der Waals surface area contributed by atoms with E-state index in [1.807, 2.05) is 12.1 Å². The van der Waals surface area contributed by atoms with Gasteiger partial charge in [0.15, 0.2) is 0 Å². The normalized spacial score (nSPS) is 17.2. The fraction of sp³-hybridized carbons (Fsp3) is 0.318. The van der Waals surface area contributed by atoms with Gasteiger partial charge >= 0.3 is 5.97 Å². The predicted molar refractivity (Wildman–Crippen MR) is 101 cm³/mol. The Bertz CT molecular complexity index is 696. The zero-order valence-electron chi connectivity index (χ0n) is 14.7. The van der Waals surface area contributed by atoms with Gasteiger partial charge in [-0.25, -0.2) is 0 Å². The molecule has 1 unspecified atom stereocenters. The minimum atomic E-state index is -0.680. The topological polar surface area (TPSA) is 40.5 Å². The average Bonchev–Trinajstić information content (AvgIpc) is 2.67. The summed E-state index contributed by atoms with van der Waals surface area (Å²) in [6, 6.07) is 20.8. The van der Waals surface area contributed by atoms with E-state index in [2.05, 4.69) is 60.4 Å². The average molecular weight is 335 g/mol. The molecule has 0 aromatic heterocycles. The molecular formula is C22H25NO2. The van der Waals surface area contributed by atoms with Crippen LogP contribution in [0.2, 0.25) is 0 Å². The number of hydrogen-bond acceptors (Lipinski definition) is 2. The van der Waals surface area contributed by atoms with Gasteiger partial charge < -0.3 is 10.0 Å². The van der Waals surface area contributed by atoms with Crippen LogP contribution in [0.4, 0.5) is 0 Å². The molecule has 1 aliphatic heterocycles.